The van der Waals surface area contributed by atoms with Crippen molar-refractivity contribution in [3.63, 3.8) is 0 Å². The number of nitrogens with zero attached hydrogens (tertiary/aromatic N) is 1. The Hall–Kier alpha value is -3.00. The number of anilines is 1. The van der Waals surface area contributed by atoms with Crippen molar-refractivity contribution in [1.82, 2.24) is 9.62 Å². The van der Waals surface area contributed by atoms with Gasteiger partial charge < -0.3 is 5.32 Å². The molecule has 0 radical (unpaired) electrons. The number of benzene rings is 3. The van der Waals surface area contributed by atoms with Crippen LogP contribution in [0.3, 0.4) is 0 Å². The van der Waals surface area contributed by atoms with Gasteiger partial charge in [0.1, 0.15) is 0 Å². The van der Waals surface area contributed by atoms with Crippen molar-refractivity contribution in [2.45, 2.75) is 23.9 Å². The molecule has 7 heteroatoms. The first-order chi connectivity index (χ1) is 14.8. The number of carbonyl (C=O) groups excluding carboxylic acids is 1. The molecule has 162 valence electrons. The van der Waals surface area contributed by atoms with Gasteiger partial charge in [-0.25, -0.2) is 12.7 Å². The molecule has 0 saturated heterocycles. The molecule has 0 spiro atoms. The number of rotatable bonds is 8. The van der Waals surface area contributed by atoms with Crippen LogP contribution in [0.1, 0.15) is 24.1 Å². The Bertz CT molecular complexity index is 1080. The Morgan fingerprint density at radius 3 is 1.90 bits per heavy atom. The third-order valence-corrected chi connectivity index (χ3v) is 6.77. The van der Waals surface area contributed by atoms with E-state index < -0.39 is 16.1 Å². The van der Waals surface area contributed by atoms with Crippen LogP contribution in [-0.4, -0.2) is 38.8 Å². The fourth-order valence-corrected chi connectivity index (χ4v) is 4.15. The Kier molecular flexibility index (Phi) is 7.22. The highest BCUT2D eigenvalue weighted by molar-refractivity contribution is 7.89. The summed E-state index contributed by atoms with van der Waals surface area (Å²) in [6.07, 6.45) is 0. The van der Waals surface area contributed by atoms with E-state index in [0.717, 1.165) is 15.4 Å². The van der Waals surface area contributed by atoms with E-state index in [-0.39, 0.29) is 16.8 Å². The van der Waals surface area contributed by atoms with Gasteiger partial charge in [0.15, 0.2) is 0 Å². The van der Waals surface area contributed by atoms with Crippen LogP contribution in [-0.2, 0) is 14.8 Å². The maximum absolute atomic E-state index is 12.9. The van der Waals surface area contributed by atoms with E-state index in [9.17, 15) is 13.2 Å². The average Bonchev–Trinajstić information content (AvgIpc) is 2.78. The van der Waals surface area contributed by atoms with Crippen LogP contribution < -0.4 is 10.6 Å². The molecule has 0 heterocycles. The van der Waals surface area contributed by atoms with Crippen molar-refractivity contribution in [3.8, 4) is 0 Å². The fourth-order valence-electron chi connectivity index (χ4n) is 3.20. The van der Waals surface area contributed by atoms with Gasteiger partial charge in [0.25, 0.3) is 0 Å². The summed E-state index contributed by atoms with van der Waals surface area (Å²) >= 11 is 0. The van der Waals surface area contributed by atoms with Crippen molar-refractivity contribution in [2.75, 3.05) is 19.4 Å². The van der Waals surface area contributed by atoms with Crippen molar-refractivity contribution in [2.24, 2.45) is 0 Å². The lowest BCUT2D eigenvalue weighted by atomic mass is 9.98. The van der Waals surface area contributed by atoms with E-state index in [1.807, 2.05) is 60.7 Å². The van der Waals surface area contributed by atoms with Crippen LogP contribution in [0.2, 0.25) is 0 Å². The summed E-state index contributed by atoms with van der Waals surface area (Å²) in [7, 11) is -0.636. The maximum Gasteiger partial charge on any atom is 0.242 e. The lowest BCUT2D eigenvalue weighted by Gasteiger charge is -2.24. The van der Waals surface area contributed by atoms with E-state index in [2.05, 4.69) is 10.6 Å². The van der Waals surface area contributed by atoms with Gasteiger partial charge in [-0.1, -0.05) is 66.7 Å². The standard InChI is InChI=1S/C24H27N3O3S/c1-18(24(28)26-21-15-10-16-22(17-21)31(29,30)27(2)3)25-23(19-11-6-4-7-12-19)20-13-8-5-9-14-20/h4-18,23,25H,1-3H3,(H,26,28). The highest BCUT2D eigenvalue weighted by Gasteiger charge is 2.22. The zero-order valence-electron chi connectivity index (χ0n) is 17.8. The molecule has 3 aromatic carbocycles. The van der Waals surface area contributed by atoms with Gasteiger partial charge >= 0.3 is 0 Å². The molecule has 1 atom stereocenters. The van der Waals surface area contributed by atoms with Crippen LogP contribution in [0.15, 0.2) is 89.8 Å². The minimum absolute atomic E-state index is 0.127. The number of nitrogens with one attached hydrogen (secondary N) is 2. The molecule has 0 aromatic heterocycles. The maximum atomic E-state index is 12.9. The zero-order valence-corrected chi connectivity index (χ0v) is 18.6. The second kappa shape index (κ2) is 9.87. The lowest BCUT2D eigenvalue weighted by molar-refractivity contribution is -0.117. The molecule has 0 aliphatic heterocycles. The molecular formula is C24H27N3O3S. The van der Waals surface area contributed by atoms with Gasteiger partial charge in [0, 0.05) is 19.8 Å². The molecule has 2 N–H and O–H groups in total. The van der Waals surface area contributed by atoms with Crippen LogP contribution >= 0.6 is 0 Å². The minimum Gasteiger partial charge on any atom is -0.325 e. The van der Waals surface area contributed by atoms with E-state index in [1.54, 1.807) is 19.1 Å². The predicted octanol–water partition coefficient (Wildman–Crippen LogP) is 3.64. The Balaban J connectivity index is 1.78. The molecule has 3 rings (SSSR count). The van der Waals surface area contributed by atoms with E-state index in [4.69, 9.17) is 0 Å². The first-order valence-electron chi connectivity index (χ1n) is 9.98. The second-order valence-electron chi connectivity index (χ2n) is 7.45. The van der Waals surface area contributed by atoms with E-state index >= 15 is 0 Å². The average molecular weight is 438 g/mol. The summed E-state index contributed by atoms with van der Waals surface area (Å²) in [5.41, 5.74) is 2.53. The highest BCUT2D eigenvalue weighted by Crippen LogP contribution is 2.23. The normalized spacial score (nSPS) is 12.7. The van der Waals surface area contributed by atoms with Gasteiger partial charge in [-0.15, -0.1) is 0 Å². The molecule has 0 saturated carbocycles. The molecule has 3 aromatic rings. The molecule has 1 amide bonds. The van der Waals surface area contributed by atoms with Gasteiger partial charge in [-0.2, -0.15) is 0 Å². The van der Waals surface area contributed by atoms with Gasteiger partial charge in [-0.3, -0.25) is 10.1 Å². The lowest BCUT2D eigenvalue weighted by Crippen LogP contribution is -2.40. The summed E-state index contributed by atoms with van der Waals surface area (Å²) in [5, 5.41) is 6.21. The Labute approximate surface area is 184 Å². The quantitative estimate of drug-likeness (QED) is 0.564. The van der Waals surface area contributed by atoms with Gasteiger partial charge in [0.05, 0.1) is 17.0 Å². The fraction of sp³-hybridized carbons (Fsp3) is 0.208. The van der Waals surface area contributed by atoms with Crippen molar-refractivity contribution in [3.05, 3.63) is 96.1 Å². The van der Waals surface area contributed by atoms with Crippen molar-refractivity contribution in [1.29, 1.82) is 0 Å². The summed E-state index contributed by atoms with van der Waals surface area (Å²) in [4.78, 5) is 13.0. The van der Waals surface area contributed by atoms with E-state index in [0.29, 0.717) is 5.69 Å². The Morgan fingerprint density at radius 1 is 0.839 bits per heavy atom. The molecule has 31 heavy (non-hydrogen) atoms. The number of hydrogen-bond donors (Lipinski definition) is 2. The topological polar surface area (TPSA) is 78.5 Å². The number of carbonyl (C=O) groups is 1. The molecule has 1 unspecified atom stereocenters. The van der Waals surface area contributed by atoms with Gasteiger partial charge in [-0.05, 0) is 36.2 Å². The van der Waals surface area contributed by atoms with Crippen LogP contribution in [0.25, 0.3) is 0 Å². The molecule has 0 fully saturated rings. The minimum atomic E-state index is -3.58. The molecule has 0 aliphatic carbocycles. The summed E-state index contributed by atoms with van der Waals surface area (Å²) < 4.78 is 25.9. The number of hydrogen-bond acceptors (Lipinski definition) is 4. The first-order valence-corrected chi connectivity index (χ1v) is 11.4. The monoisotopic (exact) mass is 437 g/mol. The second-order valence-corrected chi connectivity index (χ2v) is 9.60. The van der Waals surface area contributed by atoms with Crippen LogP contribution in [0.5, 0.6) is 0 Å². The molecular weight excluding hydrogens is 410 g/mol. The predicted molar refractivity (Wildman–Crippen MR) is 123 cm³/mol. The molecule has 0 aliphatic rings. The van der Waals surface area contributed by atoms with E-state index in [1.165, 1.54) is 26.2 Å². The summed E-state index contributed by atoms with van der Waals surface area (Å²) in [6, 6.07) is 25.4. The van der Waals surface area contributed by atoms with Crippen molar-refractivity contribution >= 4 is 21.6 Å². The largest absolute Gasteiger partial charge is 0.325 e. The smallest absolute Gasteiger partial charge is 0.242 e. The Morgan fingerprint density at radius 2 is 1.39 bits per heavy atom. The first kappa shape index (κ1) is 22.7. The van der Waals surface area contributed by atoms with Crippen LogP contribution in [0, 0.1) is 0 Å². The third-order valence-electron chi connectivity index (χ3n) is 4.96. The summed E-state index contributed by atoms with van der Waals surface area (Å²) in [5.74, 6) is -0.253. The molecule has 0 bridgehead atoms. The number of amides is 1. The third kappa shape index (κ3) is 5.58. The van der Waals surface area contributed by atoms with Crippen molar-refractivity contribution < 1.29 is 13.2 Å². The SMILES string of the molecule is CC(NC(c1ccccc1)c1ccccc1)C(=O)Nc1cccc(S(=O)(=O)N(C)C)c1. The highest BCUT2D eigenvalue weighted by atomic mass is 32.2. The van der Waals surface area contributed by atoms with Crippen LogP contribution in [0.4, 0.5) is 5.69 Å². The molecule has 6 nitrogen and oxygen atoms in total. The number of sulfonamides is 1. The van der Waals surface area contributed by atoms with Gasteiger partial charge in [0.2, 0.25) is 15.9 Å². The summed E-state index contributed by atoms with van der Waals surface area (Å²) in [6.45, 7) is 1.79. The zero-order chi connectivity index (χ0) is 22.4.